The summed E-state index contributed by atoms with van der Waals surface area (Å²) in [6.07, 6.45) is 5.34. The van der Waals surface area contributed by atoms with Gasteiger partial charge in [-0.1, -0.05) is 12.8 Å². The Morgan fingerprint density at radius 3 is 1.91 bits per heavy atom. The highest BCUT2D eigenvalue weighted by molar-refractivity contribution is 6.67. The van der Waals surface area contributed by atoms with Crippen molar-refractivity contribution in [1.82, 2.24) is 0 Å². The lowest BCUT2D eigenvalue weighted by Crippen LogP contribution is -2.40. The predicted molar refractivity (Wildman–Crippen MR) is 47.9 cm³/mol. The normalized spacial score (nSPS) is 21.0. The summed E-state index contributed by atoms with van der Waals surface area (Å²) in [6, 6.07) is 0. The Balaban J connectivity index is 2.52. The summed E-state index contributed by atoms with van der Waals surface area (Å²) < 4.78 is 11.0. The molecule has 0 atom stereocenters. The van der Waals surface area contributed by atoms with Gasteiger partial charge in [-0.2, -0.15) is 0 Å². The quantitative estimate of drug-likeness (QED) is 0.611. The molecule has 0 aromatic rings. The van der Waals surface area contributed by atoms with Crippen LogP contribution in [0.2, 0.25) is 12.1 Å². The van der Waals surface area contributed by atoms with Crippen molar-refractivity contribution in [3.63, 3.8) is 0 Å². The lowest BCUT2D eigenvalue weighted by molar-refractivity contribution is 0.236. The number of hydrogen-bond acceptors (Lipinski definition) is 2. The van der Waals surface area contributed by atoms with Crippen LogP contribution >= 0.6 is 0 Å². The van der Waals surface area contributed by atoms with E-state index >= 15 is 0 Å². The summed E-state index contributed by atoms with van der Waals surface area (Å²) in [5.74, 6) is 0. The van der Waals surface area contributed by atoms with Crippen LogP contribution in [-0.4, -0.2) is 22.8 Å². The molecule has 0 aromatic carbocycles. The van der Waals surface area contributed by atoms with E-state index in [-0.39, 0.29) is 0 Å². The molecule has 0 unspecified atom stereocenters. The second kappa shape index (κ2) is 3.69. The van der Waals surface area contributed by atoms with Crippen LogP contribution < -0.4 is 0 Å². The van der Waals surface area contributed by atoms with Gasteiger partial charge in [0, 0.05) is 19.8 Å². The minimum Gasteiger partial charge on any atom is -0.398 e. The van der Waals surface area contributed by atoms with Crippen molar-refractivity contribution < 1.29 is 8.85 Å². The van der Waals surface area contributed by atoms with Gasteiger partial charge >= 0.3 is 8.56 Å². The van der Waals surface area contributed by atoms with Gasteiger partial charge in [0.15, 0.2) is 0 Å². The first-order valence-electron chi connectivity index (χ1n) is 4.33. The fraction of sp³-hybridized carbons (Fsp3) is 1.00. The molecular formula is C8H18O2Si. The lowest BCUT2D eigenvalue weighted by atomic mass is 10.4. The molecule has 11 heavy (non-hydrogen) atoms. The van der Waals surface area contributed by atoms with Gasteiger partial charge in [-0.15, -0.1) is 0 Å². The van der Waals surface area contributed by atoms with Crippen molar-refractivity contribution >= 4 is 8.56 Å². The lowest BCUT2D eigenvalue weighted by Gasteiger charge is -2.28. The van der Waals surface area contributed by atoms with E-state index in [9.17, 15) is 0 Å². The third-order valence-electron chi connectivity index (χ3n) is 2.91. The van der Waals surface area contributed by atoms with E-state index in [2.05, 4.69) is 6.55 Å². The van der Waals surface area contributed by atoms with Crippen molar-refractivity contribution in [1.29, 1.82) is 0 Å². The molecule has 3 heteroatoms. The molecule has 0 spiro atoms. The third kappa shape index (κ3) is 1.83. The zero-order valence-corrected chi connectivity index (χ0v) is 8.72. The van der Waals surface area contributed by atoms with Crippen LogP contribution in [0.25, 0.3) is 0 Å². The summed E-state index contributed by atoms with van der Waals surface area (Å²) >= 11 is 0. The topological polar surface area (TPSA) is 18.5 Å². The Morgan fingerprint density at radius 1 is 1.09 bits per heavy atom. The van der Waals surface area contributed by atoms with Gasteiger partial charge in [-0.25, -0.2) is 0 Å². The fourth-order valence-electron chi connectivity index (χ4n) is 1.87. The van der Waals surface area contributed by atoms with Gasteiger partial charge in [0.25, 0.3) is 0 Å². The van der Waals surface area contributed by atoms with Crippen molar-refractivity contribution in [3.8, 4) is 0 Å². The van der Waals surface area contributed by atoms with Crippen LogP contribution in [0.5, 0.6) is 0 Å². The minimum absolute atomic E-state index is 0.734. The molecule has 0 bridgehead atoms. The number of hydrogen-bond donors (Lipinski definition) is 0. The molecule has 0 saturated heterocycles. The van der Waals surface area contributed by atoms with Gasteiger partial charge in [-0.05, 0) is 19.4 Å². The second-order valence-electron chi connectivity index (χ2n) is 3.41. The van der Waals surface area contributed by atoms with E-state index in [1.165, 1.54) is 25.7 Å². The molecule has 0 aromatic heterocycles. The first-order valence-corrected chi connectivity index (χ1v) is 6.72. The predicted octanol–water partition coefficient (Wildman–Crippen LogP) is 2.30. The van der Waals surface area contributed by atoms with Gasteiger partial charge in [0.05, 0.1) is 0 Å². The summed E-state index contributed by atoms with van der Waals surface area (Å²) in [5, 5.41) is 0. The molecule has 0 aliphatic heterocycles. The molecule has 0 N–H and O–H groups in total. The van der Waals surface area contributed by atoms with Crippen LogP contribution in [0.4, 0.5) is 0 Å². The standard InChI is InChI=1S/C8H18O2Si/c1-9-11(3,10-2)8-6-4-5-7-8/h8H,4-7H2,1-3H3. The molecule has 1 fully saturated rings. The average molecular weight is 174 g/mol. The van der Waals surface area contributed by atoms with Crippen molar-refractivity contribution in [2.45, 2.75) is 37.8 Å². The van der Waals surface area contributed by atoms with Crippen LogP contribution in [0.1, 0.15) is 25.7 Å². The van der Waals surface area contributed by atoms with Crippen LogP contribution in [0.15, 0.2) is 0 Å². The summed E-state index contributed by atoms with van der Waals surface area (Å²) in [5.41, 5.74) is 0.734. The Hall–Kier alpha value is 0.137. The first-order chi connectivity index (χ1) is 5.23. The molecule has 1 rings (SSSR count). The molecule has 0 amide bonds. The average Bonchev–Trinajstić information content (AvgIpc) is 2.55. The van der Waals surface area contributed by atoms with Gasteiger partial charge in [-0.3, -0.25) is 0 Å². The Kier molecular flexibility index (Phi) is 3.10. The minimum atomic E-state index is -1.76. The summed E-state index contributed by atoms with van der Waals surface area (Å²) in [7, 11) is 1.81. The highest BCUT2D eigenvalue weighted by atomic mass is 28.4. The molecular weight excluding hydrogens is 156 g/mol. The van der Waals surface area contributed by atoms with E-state index in [1.54, 1.807) is 14.2 Å². The molecule has 1 aliphatic carbocycles. The monoisotopic (exact) mass is 174 g/mol. The van der Waals surface area contributed by atoms with Crippen LogP contribution in [0, 0.1) is 0 Å². The second-order valence-corrected chi connectivity index (χ2v) is 7.07. The zero-order valence-electron chi connectivity index (χ0n) is 7.72. The van der Waals surface area contributed by atoms with Crippen molar-refractivity contribution in [2.75, 3.05) is 14.2 Å². The molecule has 66 valence electrons. The number of rotatable bonds is 3. The van der Waals surface area contributed by atoms with Gasteiger partial charge in [0.1, 0.15) is 0 Å². The molecule has 1 aliphatic rings. The van der Waals surface area contributed by atoms with Crippen molar-refractivity contribution in [2.24, 2.45) is 0 Å². The van der Waals surface area contributed by atoms with E-state index in [4.69, 9.17) is 8.85 Å². The van der Waals surface area contributed by atoms with E-state index in [1.807, 2.05) is 0 Å². The van der Waals surface area contributed by atoms with Crippen molar-refractivity contribution in [3.05, 3.63) is 0 Å². The van der Waals surface area contributed by atoms with E-state index in [0.29, 0.717) is 0 Å². The van der Waals surface area contributed by atoms with Gasteiger partial charge in [0.2, 0.25) is 0 Å². The van der Waals surface area contributed by atoms with E-state index in [0.717, 1.165) is 5.54 Å². The SMILES string of the molecule is CO[Si](C)(OC)C1CCCC1. The highest BCUT2D eigenvalue weighted by Crippen LogP contribution is 2.38. The van der Waals surface area contributed by atoms with E-state index < -0.39 is 8.56 Å². The fourth-order valence-corrected chi connectivity index (χ4v) is 4.16. The van der Waals surface area contributed by atoms with Crippen LogP contribution in [-0.2, 0) is 8.85 Å². The molecule has 0 heterocycles. The first kappa shape index (κ1) is 9.23. The third-order valence-corrected chi connectivity index (χ3v) is 6.59. The highest BCUT2D eigenvalue weighted by Gasteiger charge is 2.40. The summed E-state index contributed by atoms with van der Waals surface area (Å²) in [6.45, 7) is 2.17. The maximum absolute atomic E-state index is 5.49. The maximum Gasteiger partial charge on any atom is 0.337 e. The molecule has 1 saturated carbocycles. The smallest absolute Gasteiger partial charge is 0.337 e. The maximum atomic E-state index is 5.49. The van der Waals surface area contributed by atoms with Gasteiger partial charge < -0.3 is 8.85 Å². The summed E-state index contributed by atoms with van der Waals surface area (Å²) in [4.78, 5) is 0. The molecule has 0 radical (unpaired) electrons. The largest absolute Gasteiger partial charge is 0.398 e. The van der Waals surface area contributed by atoms with Crippen LogP contribution in [0.3, 0.4) is 0 Å². The Labute approximate surface area is 70.1 Å². The Morgan fingerprint density at radius 2 is 1.55 bits per heavy atom. The Bertz CT molecular complexity index is 117. The molecule has 2 nitrogen and oxygen atoms in total. The zero-order chi connectivity index (χ0) is 8.32.